The lowest BCUT2D eigenvalue weighted by atomic mass is 10.0. The van der Waals surface area contributed by atoms with Gasteiger partial charge in [-0.3, -0.25) is 0 Å². The van der Waals surface area contributed by atoms with E-state index in [-0.39, 0.29) is 17.1 Å². The maximum absolute atomic E-state index is 12.5. The van der Waals surface area contributed by atoms with Gasteiger partial charge in [-0.25, -0.2) is 8.63 Å². The number of benzene rings is 1. The van der Waals surface area contributed by atoms with Crippen LogP contribution in [0.3, 0.4) is 0 Å². The highest BCUT2D eigenvalue weighted by atomic mass is 19.2. The van der Waals surface area contributed by atoms with Gasteiger partial charge in [0.15, 0.2) is 0 Å². The van der Waals surface area contributed by atoms with Crippen LogP contribution in [0.4, 0.5) is 8.63 Å². The quantitative estimate of drug-likeness (QED) is 0.650. The zero-order chi connectivity index (χ0) is 15.4. The third kappa shape index (κ3) is 3.84. The van der Waals surface area contributed by atoms with Crippen LogP contribution in [0.1, 0.15) is 16.7 Å². The summed E-state index contributed by atoms with van der Waals surface area (Å²) in [6.07, 6.45) is 10.7. The number of rotatable bonds is 4. The maximum atomic E-state index is 12.5. The first-order chi connectivity index (χ1) is 9.97. The van der Waals surface area contributed by atoms with Crippen molar-refractivity contribution in [1.82, 2.24) is 0 Å². The van der Waals surface area contributed by atoms with Crippen molar-refractivity contribution in [3.8, 4) is 5.75 Å². The van der Waals surface area contributed by atoms with Crippen molar-refractivity contribution in [2.24, 2.45) is 0 Å². The molecule has 0 unspecified atom stereocenters. The van der Waals surface area contributed by atoms with Crippen molar-refractivity contribution in [3.05, 3.63) is 70.9 Å². The van der Waals surface area contributed by atoms with Crippen molar-refractivity contribution in [3.63, 3.8) is 0 Å². The number of aliphatic hydroxyl groups excluding tert-OH is 1. The van der Waals surface area contributed by atoms with Gasteiger partial charge in [-0.15, -0.1) is 0 Å². The number of allylic oxidation sites excluding steroid dienone is 7. The van der Waals surface area contributed by atoms with Gasteiger partial charge in [0.2, 0.25) is 0 Å². The number of hydrogen-bond donors (Lipinski definition) is 1. The van der Waals surface area contributed by atoms with E-state index < -0.39 is 7.47 Å². The predicted octanol–water partition coefficient (Wildman–Crippen LogP) is 4.56. The van der Waals surface area contributed by atoms with E-state index in [1.54, 1.807) is 26.0 Å². The molecular weight excluding hydrogens is 273 g/mol. The molecule has 0 heterocycles. The maximum Gasteiger partial charge on any atom is 0.796 e. The number of aryl methyl sites for hydroxylation is 2. The molecular formula is C16H15BF2O2. The van der Waals surface area contributed by atoms with Gasteiger partial charge >= 0.3 is 7.47 Å². The van der Waals surface area contributed by atoms with Crippen LogP contribution in [0.2, 0.25) is 0 Å². The first kappa shape index (κ1) is 15.1. The highest BCUT2D eigenvalue weighted by Crippen LogP contribution is 2.30. The predicted molar refractivity (Wildman–Crippen MR) is 81.5 cm³/mol. The fourth-order valence-corrected chi connectivity index (χ4v) is 2.20. The van der Waals surface area contributed by atoms with Crippen molar-refractivity contribution in [1.29, 1.82) is 0 Å². The lowest BCUT2D eigenvalue weighted by Gasteiger charge is -2.13. The molecule has 1 aliphatic carbocycles. The van der Waals surface area contributed by atoms with Crippen LogP contribution < -0.4 is 4.65 Å². The summed E-state index contributed by atoms with van der Waals surface area (Å²) >= 11 is 0. The van der Waals surface area contributed by atoms with Crippen molar-refractivity contribution >= 4 is 13.2 Å². The zero-order valence-electron chi connectivity index (χ0n) is 11.8. The Morgan fingerprint density at radius 1 is 1.19 bits per heavy atom. The monoisotopic (exact) mass is 288 g/mol. The van der Waals surface area contributed by atoms with E-state index >= 15 is 0 Å². The Balaban J connectivity index is 2.41. The van der Waals surface area contributed by atoms with Crippen LogP contribution in [0, 0.1) is 13.8 Å². The number of aliphatic hydroxyl groups is 1. The van der Waals surface area contributed by atoms with Crippen molar-refractivity contribution < 1.29 is 18.4 Å². The minimum absolute atomic E-state index is 0.0212. The van der Waals surface area contributed by atoms with Crippen LogP contribution in [0.25, 0.3) is 5.76 Å². The second kappa shape index (κ2) is 6.44. The van der Waals surface area contributed by atoms with E-state index in [0.29, 0.717) is 5.56 Å². The van der Waals surface area contributed by atoms with Gasteiger partial charge in [0.25, 0.3) is 0 Å². The minimum atomic E-state index is -2.93. The molecule has 0 saturated heterocycles. The second-order valence-electron chi connectivity index (χ2n) is 4.77. The molecule has 0 bridgehead atoms. The molecule has 2 nitrogen and oxygen atoms in total. The molecule has 1 aromatic rings. The molecule has 0 fully saturated rings. The normalized spacial score (nSPS) is 13.7. The molecule has 0 aromatic heterocycles. The third-order valence-electron chi connectivity index (χ3n) is 3.04. The summed E-state index contributed by atoms with van der Waals surface area (Å²) in [6.45, 7) is 3.53. The van der Waals surface area contributed by atoms with E-state index in [1.165, 1.54) is 12.1 Å². The van der Waals surface area contributed by atoms with E-state index in [9.17, 15) is 13.7 Å². The van der Waals surface area contributed by atoms with Gasteiger partial charge in [0.05, 0.1) is 5.56 Å². The van der Waals surface area contributed by atoms with Gasteiger partial charge in [0, 0.05) is 0 Å². The topological polar surface area (TPSA) is 29.5 Å². The molecule has 1 aliphatic rings. The molecule has 0 atom stereocenters. The van der Waals surface area contributed by atoms with Crippen LogP contribution in [-0.4, -0.2) is 12.6 Å². The molecule has 0 spiro atoms. The molecule has 2 rings (SSSR count). The first-order valence-electron chi connectivity index (χ1n) is 6.49. The Labute approximate surface area is 123 Å². The van der Waals surface area contributed by atoms with Gasteiger partial charge in [-0.1, -0.05) is 36.4 Å². The average Bonchev–Trinajstić information content (AvgIpc) is 2.87. The summed E-state index contributed by atoms with van der Waals surface area (Å²) in [5, 5.41) is 10.2. The Hall–Kier alpha value is -2.30. The average molecular weight is 288 g/mol. The highest BCUT2D eigenvalue weighted by Gasteiger charge is 2.22. The second-order valence-corrected chi connectivity index (χ2v) is 4.77. The Morgan fingerprint density at radius 3 is 2.48 bits per heavy atom. The molecule has 0 saturated carbocycles. The Morgan fingerprint density at radius 2 is 1.86 bits per heavy atom. The minimum Gasteiger partial charge on any atom is -0.507 e. The van der Waals surface area contributed by atoms with Crippen molar-refractivity contribution in [2.75, 3.05) is 0 Å². The van der Waals surface area contributed by atoms with Crippen LogP contribution in [-0.2, 0) is 0 Å². The first-order valence-corrected chi connectivity index (χ1v) is 6.49. The summed E-state index contributed by atoms with van der Waals surface area (Å²) in [5.74, 6) is -0.128. The highest BCUT2D eigenvalue weighted by molar-refractivity contribution is 6.35. The summed E-state index contributed by atoms with van der Waals surface area (Å²) in [7, 11) is -2.93. The van der Waals surface area contributed by atoms with Crippen LogP contribution >= 0.6 is 0 Å². The number of hydrogen-bond acceptors (Lipinski definition) is 2. The number of halogens is 2. The van der Waals surface area contributed by atoms with E-state index in [1.807, 2.05) is 24.3 Å². The van der Waals surface area contributed by atoms with E-state index in [4.69, 9.17) is 0 Å². The van der Waals surface area contributed by atoms with Gasteiger partial charge in [-0.05, 0) is 42.7 Å². The molecule has 0 aliphatic heterocycles. The Kier molecular flexibility index (Phi) is 4.63. The standard InChI is InChI=1S/C16H15BF2O2/c1-11-9-12(2)16(15(10-11)21-17(18)19)14(20)8-7-13-5-3-4-6-13/h3-10,20H,1-2H3. The van der Waals surface area contributed by atoms with Gasteiger partial charge in [-0.2, -0.15) is 0 Å². The fourth-order valence-electron chi connectivity index (χ4n) is 2.20. The third-order valence-corrected chi connectivity index (χ3v) is 3.04. The van der Waals surface area contributed by atoms with Crippen LogP contribution in [0.15, 0.2) is 54.2 Å². The lowest BCUT2D eigenvalue weighted by molar-refractivity contribution is 0.421. The van der Waals surface area contributed by atoms with Gasteiger partial charge < -0.3 is 9.76 Å². The van der Waals surface area contributed by atoms with E-state index in [2.05, 4.69) is 4.65 Å². The lowest BCUT2D eigenvalue weighted by Crippen LogP contribution is -2.11. The Bertz CT molecular complexity index is 644. The summed E-state index contributed by atoms with van der Waals surface area (Å²) in [6, 6.07) is 3.29. The van der Waals surface area contributed by atoms with E-state index in [0.717, 1.165) is 11.1 Å². The summed E-state index contributed by atoms with van der Waals surface area (Å²) < 4.78 is 29.5. The molecule has 1 N–H and O–H groups in total. The smallest absolute Gasteiger partial charge is 0.507 e. The molecule has 108 valence electrons. The molecule has 0 amide bonds. The molecule has 1 aromatic carbocycles. The zero-order valence-corrected chi connectivity index (χ0v) is 11.8. The van der Waals surface area contributed by atoms with Crippen molar-refractivity contribution in [2.45, 2.75) is 13.8 Å². The largest absolute Gasteiger partial charge is 0.796 e. The summed E-state index contributed by atoms with van der Waals surface area (Å²) in [5.41, 5.74) is 2.67. The van der Waals surface area contributed by atoms with Crippen LogP contribution in [0.5, 0.6) is 5.75 Å². The SMILES string of the molecule is Cc1cc(C)c(C(O)=CC=C2C=CC=C2)c(OB(F)F)c1. The molecule has 5 heteroatoms. The van der Waals surface area contributed by atoms with Gasteiger partial charge in [0.1, 0.15) is 11.5 Å². The fraction of sp³-hybridized carbons (Fsp3) is 0.125. The molecule has 21 heavy (non-hydrogen) atoms. The molecule has 0 radical (unpaired) electrons. The summed E-state index contributed by atoms with van der Waals surface area (Å²) in [4.78, 5) is 0.